The minimum absolute atomic E-state index is 0.116. The van der Waals surface area contributed by atoms with Gasteiger partial charge in [-0.1, -0.05) is 24.3 Å². The second kappa shape index (κ2) is 7.75. The smallest absolute Gasteiger partial charge is 0.408 e. The number of hydrogen-bond acceptors (Lipinski definition) is 7. The lowest BCUT2D eigenvalue weighted by molar-refractivity contribution is 0.0875. The van der Waals surface area contributed by atoms with Gasteiger partial charge in [-0.15, -0.1) is 11.3 Å². The van der Waals surface area contributed by atoms with E-state index in [1.807, 2.05) is 0 Å². The lowest BCUT2D eigenvalue weighted by atomic mass is 9.84. The van der Waals surface area contributed by atoms with Crippen LogP contribution >= 0.6 is 11.3 Å². The molecule has 5 rings (SSSR count). The molecule has 3 heterocycles. The van der Waals surface area contributed by atoms with Crippen LogP contribution in [-0.2, 0) is 15.7 Å². The Morgan fingerprint density at radius 2 is 2.06 bits per heavy atom. The molecule has 33 heavy (non-hydrogen) atoms. The molecule has 1 saturated heterocycles. The summed E-state index contributed by atoms with van der Waals surface area (Å²) in [5.41, 5.74) is -1.10. The van der Waals surface area contributed by atoms with Crippen LogP contribution in [0.5, 0.6) is 0 Å². The summed E-state index contributed by atoms with van der Waals surface area (Å²) < 4.78 is 64.3. The number of fused-ring (bicyclic) bond motifs is 1. The first-order valence-corrected chi connectivity index (χ1v) is 12.3. The van der Waals surface area contributed by atoms with Crippen LogP contribution in [0.2, 0.25) is 0 Å². The number of anilines is 1. The van der Waals surface area contributed by atoms with Gasteiger partial charge in [0.05, 0.1) is 10.9 Å². The molecule has 0 radical (unpaired) electrons. The maximum Gasteiger partial charge on any atom is 0.420 e. The first-order valence-electron chi connectivity index (χ1n) is 9.95. The van der Waals surface area contributed by atoms with Gasteiger partial charge in [0.2, 0.25) is 0 Å². The third-order valence-electron chi connectivity index (χ3n) is 5.69. The van der Waals surface area contributed by atoms with Crippen molar-refractivity contribution < 1.29 is 21.6 Å². The SMILES string of the molecule is C[C@@H](c1ccccc1C1(F)CNC1)n1c(=O)oc2cc(S(=O)(=O)Nc3nccs3)cc(F)c21. The predicted octanol–water partition coefficient (Wildman–Crippen LogP) is 3.37. The lowest BCUT2D eigenvalue weighted by Crippen LogP contribution is -2.54. The Balaban J connectivity index is 1.60. The van der Waals surface area contributed by atoms with Crippen molar-refractivity contribution in [3.8, 4) is 0 Å². The van der Waals surface area contributed by atoms with Crippen LogP contribution in [0.3, 0.4) is 0 Å². The average Bonchev–Trinajstić information content (AvgIpc) is 3.38. The number of halogens is 2. The number of rotatable bonds is 6. The number of oxazole rings is 1. The van der Waals surface area contributed by atoms with Gasteiger partial charge in [-0.25, -0.2) is 27.0 Å². The van der Waals surface area contributed by atoms with Gasteiger partial charge in [0.15, 0.2) is 22.2 Å². The minimum atomic E-state index is -4.16. The second-order valence-corrected chi connectivity index (χ2v) is 10.3. The monoisotopic (exact) mass is 492 g/mol. The van der Waals surface area contributed by atoms with E-state index in [-0.39, 0.29) is 29.3 Å². The van der Waals surface area contributed by atoms with Crippen molar-refractivity contribution in [3.05, 3.63) is 75.5 Å². The second-order valence-electron chi connectivity index (χ2n) is 7.76. The molecule has 0 unspecified atom stereocenters. The normalized spacial score (nSPS) is 16.5. The van der Waals surface area contributed by atoms with E-state index in [4.69, 9.17) is 4.42 Å². The number of nitrogens with zero attached hydrogens (tertiary/aromatic N) is 2. The standard InChI is InChI=1S/C21H18F2N4O4S2/c1-12(14-4-2-3-5-15(14)21(23)10-24-11-21)27-18-16(22)8-13(9-17(18)31-20(27)28)33(29,30)26-19-25-6-7-32-19/h2-9,12,24H,10-11H2,1H3,(H,25,26)/t12-/m0/s1. The maximum absolute atomic E-state index is 15.2. The van der Waals surface area contributed by atoms with E-state index in [0.717, 1.165) is 28.0 Å². The van der Waals surface area contributed by atoms with Crippen LogP contribution in [0.15, 0.2) is 62.1 Å². The molecule has 4 aromatic rings. The van der Waals surface area contributed by atoms with E-state index in [2.05, 4.69) is 15.0 Å². The molecule has 2 aromatic carbocycles. The quantitative estimate of drug-likeness (QED) is 0.428. The molecule has 172 valence electrons. The average molecular weight is 493 g/mol. The molecule has 1 aliphatic heterocycles. The van der Waals surface area contributed by atoms with Gasteiger partial charge in [0.25, 0.3) is 10.0 Å². The summed E-state index contributed by atoms with van der Waals surface area (Å²) in [6, 6.07) is 7.86. The summed E-state index contributed by atoms with van der Waals surface area (Å²) in [6.07, 6.45) is 1.42. The summed E-state index contributed by atoms with van der Waals surface area (Å²) in [6.45, 7) is 1.91. The molecule has 2 N–H and O–H groups in total. The minimum Gasteiger partial charge on any atom is -0.408 e. The zero-order valence-electron chi connectivity index (χ0n) is 17.2. The van der Waals surface area contributed by atoms with E-state index >= 15 is 8.78 Å². The highest BCUT2D eigenvalue weighted by Crippen LogP contribution is 2.37. The molecule has 0 amide bonds. The van der Waals surface area contributed by atoms with Crippen LogP contribution in [0.1, 0.15) is 24.1 Å². The van der Waals surface area contributed by atoms with Gasteiger partial charge >= 0.3 is 5.76 Å². The molecular formula is C21H18F2N4O4S2. The Hall–Kier alpha value is -3.09. The number of nitrogens with one attached hydrogen (secondary N) is 2. The van der Waals surface area contributed by atoms with Crippen LogP contribution < -0.4 is 15.8 Å². The van der Waals surface area contributed by atoms with Crippen molar-refractivity contribution in [2.24, 2.45) is 0 Å². The summed E-state index contributed by atoms with van der Waals surface area (Å²) in [4.78, 5) is 16.1. The number of alkyl halides is 1. The Morgan fingerprint density at radius 1 is 1.30 bits per heavy atom. The van der Waals surface area contributed by atoms with Crippen molar-refractivity contribution in [1.29, 1.82) is 0 Å². The molecule has 0 bridgehead atoms. The number of sulfonamides is 1. The molecule has 2 aromatic heterocycles. The maximum atomic E-state index is 15.2. The van der Waals surface area contributed by atoms with Crippen LogP contribution in [0.4, 0.5) is 13.9 Å². The Morgan fingerprint density at radius 3 is 2.73 bits per heavy atom. The van der Waals surface area contributed by atoms with Gasteiger partial charge in [-0.05, 0) is 24.1 Å². The number of benzene rings is 2. The number of hydrogen-bond donors (Lipinski definition) is 2. The molecule has 0 spiro atoms. The molecule has 12 heteroatoms. The number of aromatic nitrogens is 2. The van der Waals surface area contributed by atoms with E-state index in [1.165, 1.54) is 6.20 Å². The van der Waals surface area contributed by atoms with Gasteiger partial charge in [0.1, 0.15) is 5.52 Å². The fourth-order valence-corrected chi connectivity index (χ4v) is 5.81. The summed E-state index contributed by atoms with van der Waals surface area (Å²) >= 11 is 1.06. The van der Waals surface area contributed by atoms with E-state index < -0.39 is 38.2 Å². The van der Waals surface area contributed by atoms with Crippen LogP contribution in [0, 0.1) is 5.82 Å². The zero-order valence-corrected chi connectivity index (χ0v) is 18.8. The van der Waals surface area contributed by atoms with Gasteiger partial charge in [-0.3, -0.25) is 9.29 Å². The molecular weight excluding hydrogens is 474 g/mol. The predicted molar refractivity (Wildman–Crippen MR) is 119 cm³/mol. The van der Waals surface area contributed by atoms with Gasteiger partial charge in [-0.2, -0.15) is 0 Å². The fourth-order valence-electron chi connectivity index (χ4n) is 3.99. The van der Waals surface area contributed by atoms with Gasteiger partial charge in [0, 0.05) is 30.7 Å². The first kappa shape index (κ1) is 21.7. The topological polar surface area (TPSA) is 106 Å². The Labute approximate surface area is 190 Å². The molecule has 1 fully saturated rings. The van der Waals surface area contributed by atoms with E-state index in [0.29, 0.717) is 11.1 Å². The fraction of sp³-hybridized carbons (Fsp3) is 0.238. The Kier molecular flexibility index (Phi) is 5.10. The molecule has 0 saturated carbocycles. The summed E-state index contributed by atoms with van der Waals surface area (Å²) in [7, 11) is -4.16. The first-order chi connectivity index (χ1) is 15.7. The highest BCUT2D eigenvalue weighted by molar-refractivity contribution is 7.93. The third kappa shape index (κ3) is 3.63. The third-order valence-corrected chi connectivity index (χ3v) is 7.83. The van der Waals surface area contributed by atoms with Crippen molar-refractivity contribution in [2.45, 2.75) is 23.5 Å². The summed E-state index contributed by atoms with van der Waals surface area (Å²) in [5.74, 6) is -1.84. The van der Waals surface area contributed by atoms with Crippen molar-refractivity contribution in [2.75, 3.05) is 17.8 Å². The molecule has 1 atom stereocenters. The Bertz CT molecular complexity index is 1510. The van der Waals surface area contributed by atoms with E-state index in [1.54, 1.807) is 36.6 Å². The molecule has 1 aliphatic rings. The van der Waals surface area contributed by atoms with E-state index in [9.17, 15) is 13.2 Å². The van der Waals surface area contributed by atoms with Gasteiger partial charge < -0.3 is 9.73 Å². The van der Waals surface area contributed by atoms with Crippen molar-refractivity contribution in [3.63, 3.8) is 0 Å². The zero-order chi connectivity index (χ0) is 23.4. The highest BCUT2D eigenvalue weighted by Gasteiger charge is 2.41. The molecule has 8 nitrogen and oxygen atoms in total. The largest absolute Gasteiger partial charge is 0.420 e. The van der Waals surface area contributed by atoms with Crippen LogP contribution in [-0.4, -0.2) is 31.1 Å². The lowest BCUT2D eigenvalue weighted by Gasteiger charge is -2.37. The number of thiazole rings is 1. The van der Waals surface area contributed by atoms with Crippen molar-refractivity contribution >= 4 is 37.6 Å². The highest BCUT2D eigenvalue weighted by atomic mass is 32.2. The van der Waals surface area contributed by atoms with Crippen LogP contribution in [0.25, 0.3) is 11.1 Å². The molecule has 0 aliphatic carbocycles. The van der Waals surface area contributed by atoms with Crippen molar-refractivity contribution in [1.82, 2.24) is 14.9 Å². The summed E-state index contributed by atoms with van der Waals surface area (Å²) in [5, 5.41) is 4.60.